The van der Waals surface area contributed by atoms with E-state index in [1.807, 2.05) is 22.2 Å². The number of rotatable bonds is 3. The first kappa shape index (κ1) is 12.0. The van der Waals surface area contributed by atoms with Gasteiger partial charge in [-0.25, -0.2) is 15.0 Å². The van der Waals surface area contributed by atoms with Gasteiger partial charge in [0.15, 0.2) is 10.6 Å². The molecule has 0 radical (unpaired) electrons. The summed E-state index contributed by atoms with van der Waals surface area (Å²) in [7, 11) is 0. The fourth-order valence-corrected chi connectivity index (χ4v) is 2.78. The summed E-state index contributed by atoms with van der Waals surface area (Å²) in [6, 6.07) is 1.78. The summed E-state index contributed by atoms with van der Waals surface area (Å²) < 4.78 is 1.93. The highest BCUT2D eigenvalue weighted by atomic mass is 32.1. The van der Waals surface area contributed by atoms with Crippen molar-refractivity contribution in [3.8, 4) is 0 Å². The SMILES string of the molecule is O=C(NCc1cn2ccsc2n1)c1cnc2[nH]ccc2n1. The average molecular weight is 298 g/mol. The summed E-state index contributed by atoms with van der Waals surface area (Å²) in [5.41, 5.74) is 2.44. The second-order valence-electron chi connectivity index (χ2n) is 4.47. The number of H-pyrrole nitrogens is 1. The first-order valence-corrected chi connectivity index (χ1v) is 7.17. The van der Waals surface area contributed by atoms with Gasteiger partial charge in [0.25, 0.3) is 5.91 Å². The molecule has 0 aliphatic rings. The molecule has 4 heterocycles. The first-order valence-electron chi connectivity index (χ1n) is 6.29. The summed E-state index contributed by atoms with van der Waals surface area (Å²) >= 11 is 1.55. The van der Waals surface area contributed by atoms with E-state index in [1.54, 1.807) is 23.6 Å². The Balaban J connectivity index is 1.50. The molecule has 7 nitrogen and oxygen atoms in total. The second kappa shape index (κ2) is 4.67. The molecule has 4 aromatic heterocycles. The number of thiazole rings is 1. The van der Waals surface area contributed by atoms with Gasteiger partial charge in [-0.15, -0.1) is 11.3 Å². The fourth-order valence-electron chi connectivity index (χ4n) is 2.06. The Hall–Kier alpha value is -2.74. The van der Waals surface area contributed by atoms with Crippen LogP contribution in [-0.4, -0.2) is 30.2 Å². The van der Waals surface area contributed by atoms with E-state index in [9.17, 15) is 4.79 Å². The monoisotopic (exact) mass is 298 g/mol. The molecule has 0 saturated heterocycles. The Labute approximate surface area is 122 Å². The van der Waals surface area contributed by atoms with Gasteiger partial charge in [0, 0.05) is 24.0 Å². The van der Waals surface area contributed by atoms with Crippen LogP contribution < -0.4 is 5.32 Å². The number of carbonyl (C=O) groups is 1. The van der Waals surface area contributed by atoms with Gasteiger partial charge in [-0.2, -0.15) is 0 Å². The standard InChI is InChI=1S/C13H10N6OS/c20-12(10-6-15-11-9(18-10)1-2-14-11)16-5-8-7-19-3-4-21-13(19)17-8/h1-4,6-7H,5H2,(H,14,15)(H,16,20). The van der Waals surface area contributed by atoms with Gasteiger partial charge in [-0.3, -0.25) is 9.20 Å². The number of aromatic amines is 1. The molecule has 0 spiro atoms. The number of nitrogens with zero attached hydrogens (tertiary/aromatic N) is 4. The predicted octanol–water partition coefficient (Wildman–Crippen LogP) is 1.60. The van der Waals surface area contributed by atoms with E-state index in [0.717, 1.165) is 10.7 Å². The van der Waals surface area contributed by atoms with E-state index < -0.39 is 0 Å². The minimum atomic E-state index is -0.262. The number of amides is 1. The summed E-state index contributed by atoms with van der Waals surface area (Å²) in [4.78, 5) is 28.7. The third-order valence-corrected chi connectivity index (χ3v) is 3.84. The van der Waals surface area contributed by atoms with E-state index in [2.05, 4.69) is 25.3 Å². The molecule has 4 aromatic rings. The van der Waals surface area contributed by atoms with E-state index in [4.69, 9.17) is 0 Å². The highest BCUT2D eigenvalue weighted by molar-refractivity contribution is 7.15. The van der Waals surface area contributed by atoms with Crippen molar-refractivity contribution in [1.29, 1.82) is 0 Å². The summed E-state index contributed by atoms with van der Waals surface area (Å²) in [5, 5.41) is 4.76. The molecule has 0 unspecified atom stereocenters. The smallest absolute Gasteiger partial charge is 0.271 e. The second-order valence-corrected chi connectivity index (χ2v) is 5.35. The van der Waals surface area contributed by atoms with Crippen LogP contribution in [0.1, 0.15) is 16.2 Å². The third kappa shape index (κ3) is 2.15. The lowest BCUT2D eigenvalue weighted by Crippen LogP contribution is -2.24. The van der Waals surface area contributed by atoms with Crippen molar-refractivity contribution in [2.75, 3.05) is 0 Å². The molecule has 0 aliphatic heterocycles. The predicted molar refractivity (Wildman–Crippen MR) is 78.1 cm³/mol. The number of nitrogens with one attached hydrogen (secondary N) is 2. The van der Waals surface area contributed by atoms with Crippen LogP contribution in [0.4, 0.5) is 0 Å². The van der Waals surface area contributed by atoms with Crippen molar-refractivity contribution in [2.45, 2.75) is 6.54 Å². The van der Waals surface area contributed by atoms with Crippen LogP contribution in [0.15, 0.2) is 36.2 Å². The lowest BCUT2D eigenvalue weighted by atomic mass is 10.4. The van der Waals surface area contributed by atoms with Crippen LogP contribution in [-0.2, 0) is 6.54 Å². The Morgan fingerprint density at radius 3 is 3.29 bits per heavy atom. The summed E-state index contributed by atoms with van der Waals surface area (Å²) in [5.74, 6) is -0.262. The molecule has 0 saturated carbocycles. The van der Waals surface area contributed by atoms with Crippen molar-refractivity contribution < 1.29 is 4.79 Å². The molecular weight excluding hydrogens is 288 g/mol. The average Bonchev–Trinajstić information content (AvgIpc) is 3.18. The highest BCUT2D eigenvalue weighted by Crippen LogP contribution is 2.11. The number of hydrogen-bond donors (Lipinski definition) is 2. The van der Waals surface area contributed by atoms with Gasteiger partial charge < -0.3 is 10.3 Å². The van der Waals surface area contributed by atoms with E-state index in [-0.39, 0.29) is 5.91 Å². The molecule has 0 atom stereocenters. The van der Waals surface area contributed by atoms with Crippen LogP contribution in [0.3, 0.4) is 0 Å². The minimum Gasteiger partial charge on any atom is -0.345 e. The molecule has 8 heteroatoms. The topological polar surface area (TPSA) is 88.0 Å². The van der Waals surface area contributed by atoms with Crippen LogP contribution in [0.25, 0.3) is 16.1 Å². The Kier molecular flexibility index (Phi) is 2.68. The van der Waals surface area contributed by atoms with Gasteiger partial charge >= 0.3 is 0 Å². The zero-order valence-electron chi connectivity index (χ0n) is 10.8. The van der Waals surface area contributed by atoms with Crippen molar-refractivity contribution >= 4 is 33.4 Å². The highest BCUT2D eigenvalue weighted by Gasteiger charge is 2.10. The van der Waals surface area contributed by atoms with Crippen LogP contribution >= 0.6 is 11.3 Å². The fraction of sp³-hybridized carbons (Fsp3) is 0.0769. The molecule has 0 aliphatic carbocycles. The van der Waals surface area contributed by atoms with Crippen LogP contribution in [0.2, 0.25) is 0 Å². The molecule has 21 heavy (non-hydrogen) atoms. The quantitative estimate of drug-likeness (QED) is 0.601. The molecule has 1 amide bonds. The lowest BCUT2D eigenvalue weighted by Gasteiger charge is -2.02. The van der Waals surface area contributed by atoms with E-state index in [1.165, 1.54) is 6.20 Å². The van der Waals surface area contributed by atoms with Crippen LogP contribution in [0.5, 0.6) is 0 Å². The van der Waals surface area contributed by atoms with Gasteiger partial charge in [-0.1, -0.05) is 0 Å². The largest absolute Gasteiger partial charge is 0.345 e. The number of fused-ring (bicyclic) bond motifs is 2. The Bertz CT molecular complexity index is 908. The zero-order valence-corrected chi connectivity index (χ0v) is 11.6. The Morgan fingerprint density at radius 1 is 1.43 bits per heavy atom. The molecular formula is C13H10N6OS. The maximum atomic E-state index is 12.1. The van der Waals surface area contributed by atoms with Gasteiger partial charge in [-0.05, 0) is 6.07 Å². The van der Waals surface area contributed by atoms with Crippen molar-refractivity contribution in [3.05, 3.63) is 47.6 Å². The van der Waals surface area contributed by atoms with E-state index in [0.29, 0.717) is 23.4 Å². The molecule has 0 bridgehead atoms. The van der Waals surface area contributed by atoms with Crippen molar-refractivity contribution in [1.82, 2.24) is 29.7 Å². The van der Waals surface area contributed by atoms with E-state index >= 15 is 0 Å². The van der Waals surface area contributed by atoms with Gasteiger partial charge in [0.1, 0.15) is 11.2 Å². The van der Waals surface area contributed by atoms with Crippen molar-refractivity contribution in [3.63, 3.8) is 0 Å². The number of hydrogen-bond acceptors (Lipinski definition) is 5. The lowest BCUT2D eigenvalue weighted by molar-refractivity contribution is 0.0945. The third-order valence-electron chi connectivity index (χ3n) is 3.07. The summed E-state index contributed by atoms with van der Waals surface area (Å²) in [6.45, 7) is 0.361. The number of carbonyl (C=O) groups excluding carboxylic acids is 1. The maximum absolute atomic E-state index is 12.1. The Morgan fingerprint density at radius 2 is 2.38 bits per heavy atom. The number of aromatic nitrogens is 5. The minimum absolute atomic E-state index is 0.262. The molecule has 2 N–H and O–H groups in total. The number of imidazole rings is 1. The van der Waals surface area contributed by atoms with Gasteiger partial charge in [0.05, 0.1) is 18.4 Å². The van der Waals surface area contributed by atoms with Crippen LogP contribution in [0, 0.1) is 0 Å². The zero-order chi connectivity index (χ0) is 14.2. The molecule has 104 valence electrons. The first-order chi connectivity index (χ1) is 10.3. The normalized spacial score (nSPS) is 11.2. The molecule has 0 fully saturated rings. The molecule has 4 rings (SSSR count). The maximum Gasteiger partial charge on any atom is 0.271 e. The van der Waals surface area contributed by atoms with Gasteiger partial charge in [0.2, 0.25) is 0 Å². The summed E-state index contributed by atoms with van der Waals surface area (Å²) in [6.07, 6.45) is 7.03. The molecule has 0 aromatic carbocycles. The van der Waals surface area contributed by atoms with Crippen molar-refractivity contribution in [2.24, 2.45) is 0 Å².